The number of carbonyl (C=O) groups excluding carboxylic acids is 2. The largest absolute Gasteiger partial charge is 0.460 e. The van der Waals surface area contributed by atoms with Crippen molar-refractivity contribution in [2.24, 2.45) is 5.41 Å². The minimum atomic E-state index is -5.25. The zero-order valence-electron chi connectivity index (χ0n) is 26.1. The average Bonchev–Trinajstić information content (AvgIpc) is 3.07. The van der Waals surface area contributed by atoms with Gasteiger partial charge in [-0.15, -0.1) is 0 Å². The molecule has 48 heavy (non-hydrogen) atoms. The van der Waals surface area contributed by atoms with E-state index in [-0.39, 0.29) is 36.7 Å². The van der Waals surface area contributed by atoms with E-state index < -0.39 is 41.1 Å². The van der Waals surface area contributed by atoms with Gasteiger partial charge in [0.15, 0.2) is 5.41 Å². The minimum absolute atomic E-state index is 0.000664. The molecule has 254 valence electrons. The minimum Gasteiger partial charge on any atom is -0.460 e. The topological polar surface area (TPSA) is 137 Å². The third-order valence-corrected chi connectivity index (χ3v) is 10.1. The number of hydrogen-bond donors (Lipinski definition) is 1. The standard InChI is InChI=1S/C34H34F2NO9PS/c1-37(2)48(42,43)30-19-15-26(16-20-30)22-34(31(38)44-23-27-9-5-3-6-10-27,32(39)45-24-28-11-7-4-8-12-28)21-25-13-17-29(18-14-25)46-47(40,41)33(35)36/h3-20,33H,21-24H2,1-2H3,(H,40,41). The summed E-state index contributed by atoms with van der Waals surface area (Å²) in [7, 11) is -6.23. The van der Waals surface area contributed by atoms with Crippen LogP contribution >= 0.6 is 7.60 Å². The van der Waals surface area contributed by atoms with Crippen LogP contribution in [0.1, 0.15) is 22.3 Å². The van der Waals surface area contributed by atoms with E-state index in [1.807, 2.05) is 0 Å². The number of halogens is 2. The summed E-state index contributed by atoms with van der Waals surface area (Å²) in [6, 6.07) is 28.3. The highest BCUT2D eigenvalue weighted by Crippen LogP contribution is 2.49. The van der Waals surface area contributed by atoms with Crippen molar-refractivity contribution in [3.63, 3.8) is 0 Å². The third-order valence-electron chi connectivity index (χ3n) is 7.33. The fourth-order valence-corrected chi connectivity index (χ4v) is 6.11. The van der Waals surface area contributed by atoms with E-state index in [4.69, 9.17) is 9.47 Å². The Morgan fingerprint density at radius 1 is 0.729 bits per heavy atom. The van der Waals surface area contributed by atoms with Crippen molar-refractivity contribution in [1.29, 1.82) is 0 Å². The molecule has 0 heterocycles. The second kappa shape index (κ2) is 15.7. The Bertz CT molecular complexity index is 1780. The number of benzene rings is 4. The van der Waals surface area contributed by atoms with Crippen LogP contribution in [0.15, 0.2) is 114 Å². The lowest BCUT2D eigenvalue weighted by Gasteiger charge is -2.30. The summed E-state index contributed by atoms with van der Waals surface area (Å²) in [5, 5.41) is 0. The first kappa shape index (κ1) is 36.4. The van der Waals surface area contributed by atoms with Crippen molar-refractivity contribution in [2.45, 2.75) is 37.1 Å². The van der Waals surface area contributed by atoms with E-state index in [0.29, 0.717) is 22.3 Å². The van der Waals surface area contributed by atoms with E-state index in [0.717, 1.165) is 16.4 Å². The number of ether oxygens (including phenoxy) is 2. The van der Waals surface area contributed by atoms with Gasteiger partial charge >= 0.3 is 25.7 Å². The lowest BCUT2D eigenvalue weighted by atomic mass is 9.76. The first-order valence-corrected chi connectivity index (χ1v) is 17.6. The highest BCUT2D eigenvalue weighted by atomic mass is 32.2. The van der Waals surface area contributed by atoms with E-state index in [2.05, 4.69) is 4.52 Å². The maximum Gasteiger partial charge on any atom is 0.442 e. The molecule has 0 aliphatic rings. The molecule has 0 amide bonds. The molecule has 4 aromatic rings. The van der Waals surface area contributed by atoms with Crippen molar-refractivity contribution < 1.29 is 50.2 Å². The molecule has 4 aromatic carbocycles. The normalized spacial score (nSPS) is 13.1. The second-order valence-electron chi connectivity index (χ2n) is 11.1. The van der Waals surface area contributed by atoms with Gasteiger partial charge in [-0.2, -0.15) is 8.78 Å². The zero-order chi connectivity index (χ0) is 35.0. The predicted molar refractivity (Wildman–Crippen MR) is 173 cm³/mol. The monoisotopic (exact) mass is 701 g/mol. The van der Waals surface area contributed by atoms with Gasteiger partial charge in [0.25, 0.3) is 0 Å². The molecular weight excluding hydrogens is 667 g/mol. The van der Waals surface area contributed by atoms with Crippen molar-refractivity contribution in [3.8, 4) is 5.75 Å². The van der Waals surface area contributed by atoms with Crippen LogP contribution in [0.4, 0.5) is 8.78 Å². The van der Waals surface area contributed by atoms with Crippen molar-refractivity contribution in [2.75, 3.05) is 14.1 Å². The van der Waals surface area contributed by atoms with Crippen LogP contribution in [0, 0.1) is 5.41 Å². The number of esters is 2. The second-order valence-corrected chi connectivity index (χ2v) is 14.9. The Hall–Kier alpha value is -4.42. The SMILES string of the molecule is CN(C)S(=O)(=O)c1ccc(CC(Cc2ccc(OP(=O)(O)C(F)F)cc2)(C(=O)OCc2ccccc2)C(=O)OCc2ccccc2)cc1. The number of sulfonamides is 1. The molecule has 0 aliphatic heterocycles. The fourth-order valence-electron chi connectivity index (χ4n) is 4.70. The van der Waals surface area contributed by atoms with Crippen LogP contribution < -0.4 is 4.52 Å². The van der Waals surface area contributed by atoms with Gasteiger partial charge in [0, 0.05) is 14.1 Å². The van der Waals surface area contributed by atoms with Gasteiger partial charge in [-0.3, -0.25) is 9.59 Å². The van der Waals surface area contributed by atoms with Crippen LogP contribution in [-0.2, 0) is 59.7 Å². The van der Waals surface area contributed by atoms with E-state index in [1.54, 1.807) is 60.7 Å². The molecule has 4 rings (SSSR count). The molecule has 0 bridgehead atoms. The Morgan fingerprint density at radius 3 is 1.54 bits per heavy atom. The number of rotatable bonds is 15. The molecule has 0 fully saturated rings. The van der Waals surface area contributed by atoms with Gasteiger partial charge in [0.2, 0.25) is 10.0 Å². The average molecular weight is 702 g/mol. The molecule has 1 N–H and O–H groups in total. The summed E-state index contributed by atoms with van der Waals surface area (Å²) in [4.78, 5) is 37.7. The summed E-state index contributed by atoms with van der Waals surface area (Å²) in [6.07, 6.45) is -4.20. The first-order valence-electron chi connectivity index (χ1n) is 14.6. The Balaban J connectivity index is 1.75. The van der Waals surface area contributed by atoms with Gasteiger partial charge in [0.05, 0.1) is 4.90 Å². The van der Waals surface area contributed by atoms with Gasteiger partial charge in [-0.05, 0) is 59.4 Å². The molecule has 0 radical (unpaired) electrons. The summed E-state index contributed by atoms with van der Waals surface area (Å²) >= 11 is 0. The predicted octanol–water partition coefficient (Wildman–Crippen LogP) is 5.98. The molecule has 1 atom stereocenters. The molecule has 10 nitrogen and oxygen atoms in total. The lowest BCUT2D eigenvalue weighted by molar-refractivity contribution is -0.174. The smallest absolute Gasteiger partial charge is 0.442 e. The summed E-state index contributed by atoms with van der Waals surface area (Å²) < 4.78 is 80.0. The molecule has 0 aromatic heterocycles. The number of hydrogen-bond acceptors (Lipinski definition) is 8. The highest BCUT2D eigenvalue weighted by Gasteiger charge is 2.49. The molecule has 0 spiro atoms. The molecule has 0 saturated heterocycles. The molecule has 0 saturated carbocycles. The molecule has 0 aliphatic carbocycles. The Morgan fingerprint density at radius 2 is 1.15 bits per heavy atom. The van der Waals surface area contributed by atoms with Gasteiger partial charge in [0.1, 0.15) is 19.0 Å². The highest BCUT2D eigenvalue weighted by molar-refractivity contribution is 7.89. The van der Waals surface area contributed by atoms with E-state index >= 15 is 0 Å². The Labute approximate surface area is 277 Å². The summed E-state index contributed by atoms with van der Waals surface area (Å²) in [5.41, 5.74) is 0.0454. The van der Waals surface area contributed by atoms with E-state index in [9.17, 15) is 36.2 Å². The van der Waals surface area contributed by atoms with Gasteiger partial charge in [-0.25, -0.2) is 17.3 Å². The molecule has 1 unspecified atom stereocenters. The van der Waals surface area contributed by atoms with Crippen LogP contribution in [-0.4, -0.2) is 49.8 Å². The van der Waals surface area contributed by atoms with Crippen LogP contribution in [0.3, 0.4) is 0 Å². The van der Waals surface area contributed by atoms with Crippen molar-refractivity contribution in [3.05, 3.63) is 131 Å². The summed E-state index contributed by atoms with van der Waals surface area (Å²) in [6.45, 7) is -0.334. The van der Waals surface area contributed by atoms with Crippen molar-refractivity contribution >= 4 is 29.6 Å². The summed E-state index contributed by atoms with van der Waals surface area (Å²) in [5.74, 6) is -2.17. The first-order chi connectivity index (χ1) is 22.7. The quantitative estimate of drug-likeness (QED) is 0.0902. The molecule has 14 heteroatoms. The lowest BCUT2D eigenvalue weighted by Crippen LogP contribution is -2.45. The number of carbonyl (C=O) groups is 2. The number of alkyl halides is 2. The number of nitrogens with zero attached hydrogens (tertiary/aromatic N) is 1. The Kier molecular flexibility index (Phi) is 11.9. The van der Waals surface area contributed by atoms with Crippen LogP contribution in [0.25, 0.3) is 0 Å². The van der Waals surface area contributed by atoms with Crippen LogP contribution in [0.2, 0.25) is 0 Å². The fraction of sp³-hybridized carbons (Fsp3) is 0.235. The maximum atomic E-state index is 14.1. The van der Waals surface area contributed by atoms with Gasteiger partial charge < -0.3 is 18.9 Å². The van der Waals surface area contributed by atoms with E-state index in [1.165, 1.54) is 50.5 Å². The van der Waals surface area contributed by atoms with Crippen molar-refractivity contribution in [1.82, 2.24) is 4.31 Å². The maximum absolute atomic E-state index is 14.1. The zero-order valence-corrected chi connectivity index (χ0v) is 27.8. The van der Waals surface area contributed by atoms with Gasteiger partial charge in [-0.1, -0.05) is 84.9 Å². The van der Waals surface area contributed by atoms with Crippen LogP contribution in [0.5, 0.6) is 5.75 Å². The molecular formula is C34H34F2NO9PS. The third kappa shape index (κ3) is 9.13.